The van der Waals surface area contributed by atoms with Gasteiger partial charge in [0.15, 0.2) is 5.69 Å². The Kier molecular flexibility index (Phi) is 4.72. The Morgan fingerprint density at radius 1 is 1.40 bits per heavy atom. The van der Waals surface area contributed by atoms with Crippen LogP contribution in [-0.4, -0.2) is 64.0 Å². The molecule has 0 spiro atoms. The molecular weight excluding hydrogens is 339 g/mol. The lowest BCUT2D eigenvalue weighted by atomic mass is 9.97. The van der Waals surface area contributed by atoms with E-state index in [0.29, 0.717) is 32.0 Å². The van der Waals surface area contributed by atoms with E-state index in [9.17, 15) is 22.8 Å². The SMILES string of the molecule is Cn1cc(C(F)(F)F)nc1C1CCCN(CC(=O)N2CCNC2=O)C1. The van der Waals surface area contributed by atoms with Crippen molar-refractivity contribution < 1.29 is 22.8 Å². The number of nitrogens with zero attached hydrogens (tertiary/aromatic N) is 4. The van der Waals surface area contributed by atoms with E-state index >= 15 is 0 Å². The van der Waals surface area contributed by atoms with Crippen LogP contribution in [0.2, 0.25) is 0 Å². The third-order valence-electron chi connectivity index (χ3n) is 4.59. The van der Waals surface area contributed by atoms with Crippen molar-refractivity contribution in [3.8, 4) is 0 Å². The highest BCUT2D eigenvalue weighted by Gasteiger charge is 2.36. The zero-order valence-corrected chi connectivity index (χ0v) is 13.8. The number of rotatable bonds is 3. The number of nitrogens with one attached hydrogen (secondary N) is 1. The number of imide groups is 1. The molecule has 3 rings (SSSR count). The van der Waals surface area contributed by atoms with Crippen molar-refractivity contribution in [3.63, 3.8) is 0 Å². The molecule has 1 aromatic rings. The summed E-state index contributed by atoms with van der Waals surface area (Å²) in [7, 11) is 1.55. The first-order valence-electron chi connectivity index (χ1n) is 8.16. The number of hydrogen-bond donors (Lipinski definition) is 1. The summed E-state index contributed by atoms with van der Waals surface area (Å²) in [6, 6.07) is -0.391. The molecular formula is C15H20F3N5O2. The van der Waals surface area contributed by atoms with Gasteiger partial charge in [-0.3, -0.25) is 14.6 Å². The van der Waals surface area contributed by atoms with Gasteiger partial charge in [-0.05, 0) is 19.4 Å². The molecule has 0 radical (unpaired) electrons. The van der Waals surface area contributed by atoms with Gasteiger partial charge in [0.2, 0.25) is 5.91 Å². The summed E-state index contributed by atoms with van der Waals surface area (Å²) in [6.45, 7) is 2.00. The van der Waals surface area contributed by atoms with Crippen molar-refractivity contribution in [2.75, 3.05) is 32.7 Å². The van der Waals surface area contributed by atoms with Crippen molar-refractivity contribution in [1.82, 2.24) is 24.7 Å². The second-order valence-electron chi connectivity index (χ2n) is 6.44. The minimum Gasteiger partial charge on any atom is -0.337 e. The largest absolute Gasteiger partial charge is 0.434 e. The smallest absolute Gasteiger partial charge is 0.337 e. The fourth-order valence-corrected chi connectivity index (χ4v) is 3.39. The van der Waals surface area contributed by atoms with Crippen molar-refractivity contribution in [1.29, 1.82) is 0 Å². The minimum atomic E-state index is -4.47. The molecule has 2 aliphatic rings. The summed E-state index contributed by atoms with van der Waals surface area (Å²) in [4.78, 5) is 30.6. The van der Waals surface area contributed by atoms with Crippen LogP contribution in [0, 0.1) is 0 Å². The number of halogens is 3. The number of amides is 3. The van der Waals surface area contributed by atoms with E-state index in [-0.39, 0.29) is 18.4 Å². The minimum absolute atomic E-state index is 0.0838. The lowest BCUT2D eigenvalue weighted by Gasteiger charge is -2.32. The summed E-state index contributed by atoms with van der Waals surface area (Å²) in [6.07, 6.45) is -1.99. The Bertz CT molecular complexity index is 673. The summed E-state index contributed by atoms with van der Waals surface area (Å²) >= 11 is 0. The molecule has 2 aliphatic heterocycles. The van der Waals surface area contributed by atoms with Crippen LogP contribution in [0.1, 0.15) is 30.3 Å². The highest BCUT2D eigenvalue weighted by molar-refractivity contribution is 5.96. The lowest BCUT2D eigenvalue weighted by Crippen LogP contribution is -2.45. The average molecular weight is 359 g/mol. The van der Waals surface area contributed by atoms with Crippen LogP contribution in [0.3, 0.4) is 0 Å². The molecule has 0 aromatic carbocycles. The van der Waals surface area contributed by atoms with E-state index in [1.165, 1.54) is 9.47 Å². The van der Waals surface area contributed by atoms with E-state index < -0.39 is 17.9 Å². The van der Waals surface area contributed by atoms with Crippen LogP contribution in [-0.2, 0) is 18.0 Å². The Morgan fingerprint density at radius 3 is 2.76 bits per heavy atom. The summed E-state index contributed by atoms with van der Waals surface area (Å²) in [5, 5.41) is 2.57. The van der Waals surface area contributed by atoms with Gasteiger partial charge >= 0.3 is 12.2 Å². The number of piperidine rings is 1. The van der Waals surface area contributed by atoms with Crippen LogP contribution in [0.4, 0.5) is 18.0 Å². The first-order chi connectivity index (χ1) is 11.8. The summed E-state index contributed by atoms with van der Waals surface area (Å²) < 4.78 is 39.9. The van der Waals surface area contributed by atoms with Gasteiger partial charge in [0.05, 0.1) is 6.54 Å². The monoisotopic (exact) mass is 359 g/mol. The van der Waals surface area contributed by atoms with Gasteiger partial charge in [0, 0.05) is 38.8 Å². The third-order valence-corrected chi connectivity index (χ3v) is 4.59. The maximum atomic E-state index is 12.8. The number of likely N-dealkylation sites (tertiary alicyclic amines) is 1. The Balaban J connectivity index is 1.66. The molecule has 0 saturated carbocycles. The van der Waals surface area contributed by atoms with Gasteiger partial charge in [-0.2, -0.15) is 13.2 Å². The lowest BCUT2D eigenvalue weighted by molar-refractivity contribution is -0.141. The maximum Gasteiger partial charge on any atom is 0.434 e. The first kappa shape index (κ1) is 17.7. The van der Waals surface area contributed by atoms with Crippen molar-refractivity contribution in [3.05, 3.63) is 17.7 Å². The van der Waals surface area contributed by atoms with E-state index in [4.69, 9.17) is 0 Å². The molecule has 2 fully saturated rings. The number of carbonyl (C=O) groups is 2. The van der Waals surface area contributed by atoms with E-state index in [0.717, 1.165) is 19.0 Å². The Hall–Kier alpha value is -2.10. The van der Waals surface area contributed by atoms with Crippen LogP contribution in [0.5, 0.6) is 0 Å². The highest BCUT2D eigenvalue weighted by Crippen LogP contribution is 2.32. The molecule has 0 aliphatic carbocycles. The molecule has 10 heteroatoms. The zero-order valence-electron chi connectivity index (χ0n) is 13.8. The van der Waals surface area contributed by atoms with Crippen molar-refractivity contribution in [2.24, 2.45) is 7.05 Å². The molecule has 25 heavy (non-hydrogen) atoms. The van der Waals surface area contributed by atoms with E-state index in [2.05, 4.69) is 10.3 Å². The fraction of sp³-hybridized carbons (Fsp3) is 0.667. The number of aromatic nitrogens is 2. The van der Waals surface area contributed by atoms with Gasteiger partial charge in [0.1, 0.15) is 5.82 Å². The maximum absolute atomic E-state index is 12.8. The molecule has 3 heterocycles. The molecule has 3 amide bonds. The standard InChI is InChI=1S/C15H20F3N5O2/c1-21-8-11(15(16,17)18)20-13(21)10-3-2-5-22(7-10)9-12(24)23-6-4-19-14(23)25/h8,10H,2-7,9H2,1H3,(H,19,25). The van der Waals surface area contributed by atoms with Crippen LogP contribution in [0.25, 0.3) is 0 Å². The Labute approximate surface area is 142 Å². The quantitative estimate of drug-likeness (QED) is 0.880. The normalized spacial score (nSPS) is 22.3. The number of aryl methyl sites for hydroxylation is 1. The molecule has 0 bridgehead atoms. The molecule has 2 saturated heterocycles. The van der Waals surface area contributed by atoms with Crippen LogP contribution >= 0.6 is 0 Å². The molecule has 1 unspecified atom stereocenters. The number of alkyl halides is 3. The van der Waals surface area contributed by atoms with Crippen LogP contribution < -0.4 is 5.32 Å². The van der Waals surface area contributed by atoms with Gasteiger partial charge in [-0.1, -0.05) is 0 Å². The second kappa shape index (κ2) is 6.66. The fourth-order valence-electron chi connectivity index (χ4n) is 3.39. The predicted octanol–water partition coefficient (Wildman–Crippen LogP) is 1.17. The number of imidazole rings is 1. The van der Waals surface area contributed by atoms with Crippen molar-refractivity contribution >= 4 is 11.9 Å². The first-order valence-corrected chi connectivity index (χ1v) is 8.16. The van der Waals surface area contributed by atoms with Crippen molar-refractivity contribution in [2.45, 2.75) is 24.9 Å². The van der Waals surface area contributed by atoms with Crippen LogP contribution in [0.15, 0.2) is 6.20 Å². The second-order valence-corrected chi connectivity index (χ2v) is 6.44. The van der Waals surface area contributed by atoms with E-state index in [1.54, 1.807) is 7.05 Å². The molecule has 1 atom stereocenters. The predicted molar refractivity (Wildman–Crippen MR) is 81.7 cm³/mol. The molecule has 138 valence electrons. The number of hydrogen-bond acceptors (Lipinski definition) is 4. The molecule has 7 nitrogen and oxygen atoms in total. The molecule has 1 aromatic heterocycles. The topological polar surface area (TPSA) is 70.5 Å². The van der Waals surface area contributed by atoms with Gasteiger partial charge in [0.25, 0.3) is 0 Å². The number of urea groups is 1. The van der Waals surface area contributed by atoms with Gasteiger partial charge in [-0.15, -0.1) is 0 Å². The van der Waals surface area contributed by atoms with Gasteiger partial charge < -0.3 is 9.88 Å². The Morgan fingerprint density at radius 2 is 2.16 bits per heavy atom. The highest BCUT2D eigenvalue weighted by atomic mass is 19.4. The average Bonchev–Trinajstić information content (AvgIpc) is 3.13. The summed E-state index contributed by atoms with van der Waals surface area (Å²) in [5.41, 5.74) is -0.896. The van der Waals surface area contributed by atoms with Gasteiger partial charge in [-0.25, -0.2) is 9.78 Å². The third kappa shape index (κ3) is 3.78. The number of carbonyl (C=O) groups excluding carboxylic acids is 2. The zero-order chi connectivity index (χ0) is 18.2. The van der Waals surface area contributed by atoms with E-state index in [1.807, 2.05) is 4.90 Å². The summed E-state index contributed by atoms with van der Waals surface area (Å²) in [5.74, 6) is -0.0788. The molecule has 1 N–H and O–H groups in total.